The number of aryl methyl sites for hydroxylation is 1. The highest BCUT2D eigenvalue weighted by Gasteiger charge is 2.38. The fourth-order valence-electron chi connectivity index (χ4n) is 2.85. The van der Waals surface area contributed by atoms with Crippen LogP contribution in [0.4, 0.5) is 5.69 Å². The second-order valence-electron chi connectivity index (χ2n) is 5.44. The van der Waals surface area contributed by atoms with Crippen LogP contribution in [-0.2, 0) is 0 Å². The van der Waals surface area contributed by atoms with Gasteiger partial charge in [0.05, 0.1) is 4.92 Å². The van der Waals surface area contributed by atoms with Crippen LogP contribution in [0.25, 0.3) is 0 Å². The van der Waals surface area contributed by atoms with E-state index in [9.17, 15) is 14.9 Å². The average Bonchev–Trinajstić information content (AvgIpc) is 2.79. The number of nitrogens with zero attached hydrogens (tertiary/aromatic N) is 2. The third kappa shape index (κ3) is 2.44. The second kappa shape index (κ2) is 5.12. The molecule has 1 aromatic rings. The summed E-state index contributed by atoms with van der Waals surface area (Å²) < 4.78 is 0. The van der Waals surface area contributed by atoms with Crippen molar-refractivity contribution in [1.29, 1.82) is 0 Å². The highest BCUT2D eigenvalue weighted by molar-refractivity contribution is 5.98. The first-order valence-electron chi connectivity index (χ1n) is 6.85. The van der Waals surface area contributed by atoms with Crippen LogP contribution >= 0.6 is 0 Å². The highest BCUT2D eigenvalue weighted by Crippen LogP contribution is 2.40. The first-order chi connectivity index (χ1) is 10.1. The molecule has 6 heteroatoms. The fourth-order valence-corrected chi connectivity index (χ4v) is 2.85. The summed E-state index contributed by atoms with van der Waals surface area (Å²) in [5.74, 6) is 0.695. The van der Waals surface area contributed by atoms with Crippen molar-refractivity contribution in [3.8, 4) is 0 Å². The fraction of sp³-hybridized carbons (Fsp3) is 0.333. The van der Waals surface area contributed by atoms with Crippen molar-refractivity contribution in [1.82, 2.24) is 5.43 Å². The number of rotatable bonds is 3. The minimum atomic E-state index is -0.459. The molecule has 6 nitrogen and oxygen atoms in total. The number of amides is 1. The molecule has 0 bridgehead atoms. The van der Waals surface area contributed by atoms with Crippen molar-refractivity contribution in [2.75, 3.05) is 0 Å². The van der Waals surface area contributed by atoms with E-state index in [0.29, 0.717) is 23.0 Å². The number of fused-ring (bicyclic) bond motifs is 1. The lowest BCUT2D eigenvalue weighted by Gasteiger charge is -2.31. The van der Waals surface area contributed by atoms with Gasteiger partial charge >= 0.3 is 0 Å². The zero-order chi connectivity index (χ0) is 15.0. The predicted molar refractivity (Wildman–Crippen MR) is 78.1 cm³/mol. The van der Waals surface area contributed by atoms with Crippen molar-refractivity contribution < 1.29 is 9.72 Å². The maximum Gasteiger partial charge on any atom is 0.272 e. The van der Waals surface area contributed by atoms with Crippen molar-refractivity contribution in [3.63, 3.8) is 0 Å². The van der Waals surface area contributed by atoms with E-state index in [0.717, 1.165) is 18.6 Å². The summed E-state index contributed by atoms with van der Waals surface area (Å²) in [7, 11) is 0. The van der Waals surface area contributed by atoms with E-state index < -0.39 is 4.92 Å². The van der Waals surface area contributed by atoms with E-state index in [1.165, 1.54) is 18.2 Å². The minimum Gasteiger partial charge on any atom is -0.267 e. The van der Waals surface area contributed by atoms with Crippen molar-refractivity contribution in [2.45, 2.75) is 19.8 Å². The third-order valence-electron chi connectivity index (χ3n) is 4.12. The number of carbonyl (C=O) groups is 1. The Morgan fingerprint density at radius 3 is 2.95 bits per heavy atom. The van der Waals surface area contributed by atoms with Gasteiger partial charge in [-0.3, -0.25) is 14.9 Å². The molecular formula is C15H15N3O3. The molecule has 108 valence electrons. The van der Waals surface area contributed by atoms with E-state index in [2.05, 4.69) is 22.7 Å². The number of nitrogens with one attached hydrogen (secondary N) is 1. The van der Waals surface area contributed by atoms with Crippen LogP contribution in [0.15, 0.2) is 35.5 Å². The van der Waals surface area contributed by atoms with Gasteiger partial charge in [-0.15, -0.1) is 0 Å². The molecule has 2 aliphatic carbocycles. The predicted octanol–water partition coefficient (Wildman–Crippen LogP) is 2.59. The molecule has 0 aliphatic heterocycles. The number of hydrogen-bond donors (Lipinski definition) is 1. The molecule has 2 aliphatic rings. The summed E-state index contributed by atoms with van der Waals surface area (Å²) in [5.41, 5.74) is 4.42. The third-order valence-corrected chi connectivity index (χ3v) is 4.12. The molecular weight excluding hydrogens is 270 g/mol. The zero-order valence-corrected chi connectivity index (χ0v) is 11.6. The van der Waals surface area contributed by atoms with E-state index in [4.69, 9.17) is 0 Å². The Hall–Kier alpha value is -2.50. The number of carbonyl (C=O) groups excluding carboxylic acids is 1. The number of benzene rings is 1. The van der Waals surface area contributed by atoms with E-state index >= 15 is 0 Å². The standard InChI is InChI=1S/C15H15N3O3/c1-9-7-11(5-6-14(9)18(20)21)15(19)17-16-13-8-10-3-2-4-12(10)13/h2-3,5-7,10,12H,4,8H2,1H3,(H,17,19)/b16-13-. The lowest BCUT2D eigenvalue weighted by atomic mass is 9.74. The summed E-state index contributed by atoms with van der Waals surface area (Å²) in [5, 5.41) is 14.9. The Labute approximate surface area is 121 Å². The Bertz CT molecular complexity index is 679. The normalized spacial score (nSPS) is 24.5. The number of nitro benzene ring substituents is 1. The zero-order valence-electron chi connectivity index (χ0n) is 11.6. The van der Waals surface area contributed by atoms with Gasteiger partial charge in [0.25, 0.3) is 11.6 Å². The molecule has 0 spiro atoms. The number of hydrazone groups is 1. The molecule has 0 radical (unpaired) electrons. The van der Waals surface area contributed by atoms with Crippen LogP contribution < -0.4 is 5.43 Å². The average molecular weight is 285 g/mol. The lowest BCUT2D eigenvalue weighted by molar-refractivity contribution is -0.385. The molecule has 1 saturated carbocycles. The maximum absolute atomic E-state index is 12.0. The maximum atomic E-state index is 12.0. The minimum absolute atomic E-state index is 0.0109. The largest absolute Gasteiger partial charge is 0.272 e. The molecule has 0 aromatic heterocycles. The van der Waals surface area contributed by atoms with E-state index in [1.807, 2.05) is 0 Å². The van der Waals surface area contributed by atoms with Gasteiger partial charge < -0.3 is 0 Å². The van der Waals surface area contributed by atoms with Crippen molar-refractivity contribution >= 4 is 17.3 Å². The monoisotopic (exact) mass is 285 g/mol. The molecule has 1 fully saturated rings. The lowest BCUT2D eigenvalue weighted by Crippen LogP contribution is -2.35. The Morgan fingerprint density at radius 2 is 2.29 bits per heavy atom. The van der Waals surface area contributed by atoms with Crippen molar-refractivity contribution in [2.24, 2.45) is 16.9 Å². The van der Waals surface area contributed by atoms with Crippen molar-refractivity contribution in [3.05, 3.63) is 51.6 Å². The summed E-state index contributed by atoms with van der Waals surface area (Å²) in [6.07, 6.45) is 6.25. The quantitative estimate of drug-likeness (QED) is 0.526. The van der Waals surface area contributed by atoms with Crippen LogP contribution in [-0.4, -0.2) is 16.5 Å². The van der Waals surface area contributed by atoms with Gasteiger partial charge in [0, 0.05) is 28.8 Å². The van der Waals surface area contributed by atoms with Crippen LogP contribution in [0.1, 0.15) is 28.8 Å². The summed E-state index contributed by atoms with van der Waals surface area (Å²) >= 11 is 0. The number of hydrogen-bond acceptors (Lipinski definition) is 4. The van der Waals surface area contributed by atoms with Gasteiger partial charge in [0.15, 0.2) is 0 Å². The van der Waals surface area contributed by atoms with E-state index in [1.54, 1.807) is 6.92 Å². The van der Waals surface area contributed by atoms with Gasteiger partial charge in [0.2, 0.25) is 0 Å². The Morgan fingerprint density at radius 1 is 1.48 bits per heavy atom. The summed E-state index contributed by atoms with van der Waals surface area (Å²) in [6, 6.07) is 4.30. The molecule has 1 aromatic carbocycles. The van der Waals surface area contributed by atoms with Gasteiger partial charge in [-0.2, -0.15) is 5.10 Å². The van der Waals surface area contributed by atoms with Crippen LogP contribution in [0, 0.1) is 28.9 Å². The molecule has 1 amide bonds. The first kappa shape index (κ1) is 13.5. The summed E-state index contributed by atoms with van der Waals surface area (Å²) in [6.45, 7) is 1.61. The molecule has 3 rings (SSSR count). The second-order valence-corrected chi connectivity index (χ2v) is 5.44. The van der Waals surface area contributed by atoms with Gasteiger partial charge in [-0.05, 0) is 37.8 Å². The Balaban J connectivity index is 1.67. The molecule has 21 heavy (non-hydrogen) atoms. The van der Waals surface area contributed by atoms with Crippen LogP contribution in [0.5, 0.6) is 0 Å². The smallest absolute Gasteiger partial charge is 0.267 e. The molecule has 2 atom stereocenters. The molecule has 0 heterocycles. The molecule has 0 saturated heterocycles. The molecule has 1 N–H and O–H groups in total. The highest BCUT2D eigenvalue weighted by atomic mass is 16.6. The van der Waals surface area contributed by atoms with Crippen LogP contribution in [0.2, 0.25) is 0 Å². The van der Waals surface area contributed by atoms with Crippen LogP contribution in [0.3, 0.4) is 0 Å². The summed E-state index contributed by atoms with van der Waals surface area (Å²) in [4.78, 5) is 22.3. The Kier molecular flexibility index (Phi) is 3.29. The number of nitro groups is 1. The van der Waals surface area contributed by atoms with E-state index in [-0.39, 0.29) is 11.6 Å². The van der Waals surface area contributed by atoms with Gasteiger partial charge in [-0.1, -0.05) is 12.2 Å². The molecule has 2 unspecified atom stereocenters. The topological polar surface area (TPSA) is 84.6 Å². The SMILES string of the molecule is Cc1cc(C(=O)N/N=C2/CC3C=CCC23)ccc1[N+](=O)[O-]. The number of allylic oxidation sites excluding steroid dienone is 2. The first-order valence-corrected chi connectivity index (χ1v) is 6.85. The van der Waals surface area contributed by atoms with Gasteiger partial charge in [0.1, 0.15) is 0 Å². The van der Waals surface area contributed by atoms with Gasteiger partial charge in [-0.25, -0.2) is 5.43 Å².